The van der Waals surface area contributed by atoms with Crippen LogP contribution in [0.15, 0.2) is 53.4 Å². The van der Waals surface area contributed by atoms with Crippen molar-refractivity contribution in [2.24, 2.45) is 0 Å². The molecule has 9 heteroatoms. The molecule has 1 amide bonds. The number of hydrogen-bond acceptors (Lipinski definition) is 5. The molecule has 0 heterocycles. The first-order valence-electron chi connectivity index (χ1n) is 7.92. The Morgan fingerprint density at radius 2 is 1.78 bits per heavy atom. The largest absolute Gasteiger partial charge is 0.449 e. The number of nitrogens with one attached hydrogen (secondary N) is 1. The van der Waals surface area contributed by atoms with E-state index in [0.717, 1.165) is 4.31 Å². The van der Waals surface area contributed by atoms with Crippen molar-refractivity contribution >= 4 is 27.6 Å². The Hall–Kier alpha value is -2.78. The Bertz CT molecular complexity index is 960. The molecule has 7 nitrogen and oxygen atoms in total. The lowest BCUT2D eigenvalue weighted by molar-refractivity contribution is -0.123. The number of sulfonamides is 1. The summed E-state index contributed by atoms with van der Waals surface area (Å²) in [6, 6.07) is 10.9. The van der Waals surface area contributed by atoms with E-state index >= 15 is 0 Å². The van der Waals surface area contributed by atoms with Crippen molar-refractivity contribution in [1.29, 1.82) is 0 Å². The minimum Gasteiger partial charge on any atom is -0.449 e. The minimum atomic E-state index is -3.72. The Labute approximate surface area is 156 Å². The summed E-state index contributed by atoms with van der Waals surface area (Å²) in [6.07, 6.45) is -1.22. The second-order valence-electron chi connectivity index (χ2n) is 5.83. The van der Waals surface area contributed by atoms with Crippen molar-refractivity contribution in [3.63, 3.8) is 0 Å². The van der Waals surface area contributed by atoms with E-state index < -0.39 is 33.8 Å². The third-order valence-electron chi connectivity index (χ3n) is 3.63. The molecular formula is C18H19FN2O5S. The van der Waals surface area contributed by atoms with Gasteiger partial charge in [0.1, 0.15) is 5.82 Å². The summed E-state index contributed by atoms with van der Waals surface area (Å²) in [5.74, 6) is -2.21. The normalized spacial score (nSPS) is 12.5. The molecule has 27 heavy (non-hydrogen) atoms. The van der Waals surface area contributed by atoms with Crippen LogP contribution in [-0.4, -0.2) is 44.8 Å². The first-order chi connectivity index (χ1) is 12.6. The Morgan fingerprint density at radius 3 is 2.41 bits per heavy atom. The van der Waals surface area contributed by atoms with Crippen LogP contribution in [0.1, 0.15) is 17.3 Å². The van der Waals surface area contributed by atoms with E-state index in [2.05, 4.69) is 5.32 Å². The first kappa shape index (κ1) is 20.5. The third-order valence-corrected chi connectivity index (χ3v) is 5.44. The maximum Gasteiger partial charge on any atom is 0.338 e. The van der Waals surface area contributed by atoms with Gasteiger partial charge in [-0.25, -0.2) is 21.9 Å². The van der Waals surface area contributed by atoms with Crippen molar-refractivity contribution < 1.29 is 27.1 Å². The van der Waals surface area contributed by atoms with Gasteiger partial charge in [0, 0.05) is 14.1 Å². The highest BCUT2D eigenvalue weighted by molar-refractivity contribution is 7.89. The number of hydrogen-bond donors (Lipinski definition) is 1. The zero-order chi connectivity index (χ0) is 20.2. The van der Waals surface area contributed by atoms with Gasteiger partial charge >= 0.3 is 5.97 Å². The average molecular weight is 394 g/mol. The van der Waals surface area contributed by atoms with Crippen molar-refractivity contribution in [2.45, 2.75) is 17.9 Å². The predicted molar refractivity (Wildman–Crippen MR) is 97.2 cm³/mol. The van der Waals surface area contributed by atoms with E-state index in [1.54, 1.807) is 6.07 Å². The summed E-state index contributed by atoms with van der Waals surface area (Å²) in [4.78, 5) is 24.3. The summed E-state index contributed by atoms with van der Waals surface area (Å²) in [5, 5.41) is 2.32. The van der Waals surface area contributed by atoms with Gasteiger partial charge in [-0.05, 0) is 37.3 Å². The minimum absolute atomic E-state index is 0.0246. The molecule has 0 bridgehead atoms. The highest BCUT2D eigenvalue weighted by atomic mass is 32.2. The van der Waals surface area contributed by atoms with Crippen molar-refractivity contribution in [2.75, 3.05) is 19.4 Å². The van der Waals surface area contributed by atoms with E-state index in [4.69, 9.17) is 4.74 Å². The fourth-order valence-electron chi connectivity index (χ4n) is 2.07. The number of esters is 1. The molecule has 2 aromatic rings. The predicted octanol–water partition coefficient (Wildman–Crippen LogP) is 2.26. The number of rotatable bonds is 6. The van der Waals surface area contributed by atoms with Gasteiger partial charge in [-0.1, -0.05) is 18.2 Å². The highest BCUT2D eigenvalue weighted by Crippen LogP contribution is 2.17. The summed E-state index contributed by atoms with van der Waals surface area (Å²) in [6.45, 7) is 1.33. The van der Waals surface area contributed by atoms with Crippen LogP contribution in [0.4, 0.5) is 10.1 Å². The Balaban J connectivity index is 2.10. The van der Waals surface area contributed by atoms with Crippen LogP contribution in [-0.2, 0) is 19.6 Å². The fourth-order valence-corrected chi connectivity index (χ4v) is 3.02. The molecule has 144 valence electrons. The molecule has 1 atom stereocenters. The fraction of sp³-hybridized carbons (Fsp3) is 0.222. The van der Waals surface area contributed by atoms with Gasteiger partial charge < -0.3 is 10.1 Å². The lowest BCUT2D eigenvalue weighted by atomic mass is 10.2. The third kappa shape index (κ3) is 4.89. The van der Waals surface area contributed by atoms with Gasteiger partial charge in [0.25, 0.3) is 5.91 Å². The number of carbonyl (C=O) groups is 2. The standard InChI is InChI=1S/C18H19FN2O5S/c1-12(17(22)20-16-10-5-4-9-15(16)19)26-18(23)13-7-6-8-14(11-13)27(24,25)21(2)3/h4-12H,1-3H3,(H,20,22). The topological polar surface area (TPSA) is 92.8 Å². The molecule has 0 aliphatic carbocycles. The number of nitrogens with zero attached hydrogens (tertiary/aromatic N) is 1. The monoisotopic (exact) mass is 394 g/mol. The van der Waals surface area contributed by atoms with E-state index in [1.807, 2.05) is 0 Å². The number of halogens is 1. The van der Waals surface area contributed by atoms with Gasteiger partial charge in [0.15, 0.2) is 6.10 Å². The SMILES string of the molecule is CC(OC(=O)c1cccc(S(=O)(=O)N(C)C)c1)C(=O)Nc1ccccc1F. The van der Waals surface area contributed by atoms with E-state index in [9.17, 15) is 22.4 Å². The zero-order valence-corrected chi connectivity index (χ0v) is 15.8. The molecule has 2 rings (SSSR count). The summed E-state index contributed by atoms with van der Waals surface area (Å²) in [5.41, 5.74) is -0.0621. The van der Waals surface area contributed by atoms with Crippen LogP contribution in [0.3, 0.4) is 0 Å². The van der Waals surface area contributed by atoms with E-state index in [0.29, 0.717) is 0 Å². The zero-order valence-electron chi connectivity index (χ0n) is 15.0. The van der Waals surface area contributed by atoms with Crippen LogP contribution in [0.2, 0.25) is 0 Å². The van der Waals surface area contributed by atoms with Crippen molar-refractivity contribution in [1.82, 2.24) is 4.31 Å². The molecule has 0 radical (unpaired) electrons. The first-order valence-corrected chi connectivity index (χ1v) is 9.36. The lowest BCUT2D eigenvalue weighted by Gasteiger charge is -2.15. The number of amides is 1. The molecular weight excluding hydrogens is 375 g/mol. The number of benzene rings is 2. The number of carbonyl (C=O) groups excluding carboxylic acids is 2. The second kappa shape index (κ2) is 8.28. The molecule has 0 spiro atoms. The maximum atomic E-state index is 13.6. The molecule has 0 fully saturated rings. The molecule has 2 aromatic carbocycles. The maximum absolute atomic E-state index is 13.6. The molecule has 1 unspecified atom stereocenters. The van der Waals surface area contributed by atoms with Gasteiger partial charge in [-0.3, -0.25) is 4.79 Å². The van der Waals surface area contributed by atoms with Crippen LogP contribution in [0, 0.1) is 5.82 Å². The van der Waals surface area contributed by atoms with Gasteiger partial charge in [-0.2, -0.15) is 0 Å². The van der Waals surface area contributed by atoms with Gasteiger partial charge in [0.05, 0.1) is 16.1 Å². The summed E-state index contributed by atoms with van der Waals surface area (Å²) >= 11 is 0. The molecule has 0 aliphatic heterocycles. The smallest absolute Gasteiger partial charge is 0.338 e. The summed E-state index contributed by atoms with van der Waals surface area (Å²) < 4.78 is 43.9. The van der Waals surface area contributed by atoms with Crippen LogP contribution >= 0.6 is 0 Å². The quantitative estimate of drug-likeness (QED) is 0.759. The molecule has 0 aromatic heterocycles. The van der Waals surface area contributed by atoms with Gasteiger partial charge in [0.2, 0.25) is 10.0 Å². The van der Waals surface area contributed by atoms with Crippen molar-refractivity contribution in [3.05, 3.63) is 59.9 Å². The lowest BCUT2D eigenvalue weighted by Crippen LogP contribution is -2.30. The molecule has 0 saturated carbocycles. The average Bonchev–Trinajstić information content (AvgIpc) is 2.63. The Kier molecular flexibility index (Phi) is 6.29. The van der Waals surface area contributed by atoms with Crippen molar-refractivity contribution in [3.8, 4) is 0 Å². The van der Waals surface area contributed by atoms with Crippen LogP contribution in [0.25, 0.3) is 0 Å². The Morgan fingerprint density at radius 1 is 1.11 bits per heavy atom. The van der Waals surface area contributed by atoms with Crippen LogP contribution < -0.4 is 5.32 Å². The van der Waals surface area contributed by atoms with E-state index in [-0.39, 0.29) is 16.1 Å². The van der Waals surface area contributed by atoms with E-state index in [1.165, 1.54) is 63.5 Å². The number of para-hydroxylation sites is 1. The highest BCUT2D eigenvalue weighted by Gasteiger charge is 2.22. The van der Waals surface area contributed by atoms with Gasteiger partial charge in [-0.15, -0.1) is 0 Å². The molecule has 0 saturated heterocycles. The number of anilines is 1. The van der Waals surface area contributed by atoms with Crippen LogP contribution in [0.5, 0.6) is 0 Å². The molecule has 1 N–H and O–H groups in total. The second-order valence-corrected chi connectivity index (χ2v) is 7.98. The molecule has 0 aliphatic rings. The summed E-state index contributed by atoms with van der Waals surface area (Å²) in [7, 11) is -0.978. The number of ether oxygens (including phenoxy) is 1.